The number of carboxylic acids is 1. The van der Waals surface area contributed by atoms with E-state index in [1.54, 1.807) is 37.3 Å². The third kappa shape index (κ3) is 11.6. The zero-order valence-electron chi connectivity index (χ0n) is 30.0. The number of nitrogens with one attached hydrogen (secondary N) is 3. The number of rotatable bonds is 19. The van der Waals surface area contributed by atoms with E-state index in [4.69, 9.17) is 24.4 Å². The summed E-state index contributed by atoms with van der Waals surface area (Å²) in [5, 5.41) is 20.4. The number of alkyl carbamates (subject to hydrolysis) is 1. The Hall–Kier alpha value is -5.29. The lowest BCUT2D eigenvalue weighted by Gasteiger charge is -2.19. The van der Waals surface area contributed by atoms with E-state index in [1.807, 2.05) is 37.3 Å². The van der Waals surface area contributed by atoms with Gasteiger partial charge in [-0.3, -0.25) is 10.7 Å². The van der Waals surface area contributed by atoms with Gasteiger partial charge in [-0.15, -0.1) is 0 Å². The zero-order valence-corrected chi connectivity index (χ0v) is 31.7. The van der Waals surface area contributed by atoms with Crippen LogP contribution in [0.2, 0.25) is 0 Å². The topological polar surface area (TPSA) is 207 Å². The molecule has 0 aromatic heterocycles. The van der Waals surface area contributed by atoms with Crippen molar-refractivity contribution in [2.75, 3.05) is 26.0 Å². The zero-order chi connectivity index (χ0) is 39.3. The predicted octanol–water partition coefficient (Wildman–Crippen LogP) is 5.53. The van der Waals surface area contributed by atoms with Gasteiger partial charge < -0.3 is 24.1 Å². The molecular weight excluding hydrogens is 739 g/mol. The highest BCUT2D eigenvalue weighted by Gasteiger charge is 2.25. The Morgan fingerprint density at radius 2 is 1.59 bits per heavy atom. The van der Waals surface area contributed by atoms with Crippen LogP contribution < -0.4 is 19.5 Å². The first-order chi connectivity index (χ1) is 25.7. The highest BCUT2D eigenvalue weighted by atomic mass is 32.2. The molecule has 1 unspecified atom stereocenters. The minimum atomic E-state index is -4.34. The number of amides is 1. The molecule has 14 nitrogen and oxygen atoms in total. The lowest BCUT2D eigenvalue weighted by atomic mass is 10.0. The standard InChI is InChI=1S/C38H43N3O11S2/c1-4-6-22-50-38(44)41-35(39)29-18-19-31(51-25-26-12-8-7-9-13-26)34(24-29)54(47,48)40-21-20-27-16-17-28(23-32(27)52-37(36(42)43)49-5-2)30-14-10-11-15-33(30)53(3,45)46/h7-19,23-24,37,40H,4-6,20-22,25H2,1-3H3,(H,42,43)(H2,39,41,44). The fraction of sp³-hybridized carbons (Fsp3) is 0.289. The maximum absolute atomic E-state index is 13.9. The molecule has 54 heavy (non-hydrogen) atoms. The van der Waals surface area contributed by atoms with Crippen molar-refractivity contribution in [1.29, 1.82) is 5.41 Å². The average Bonchev–Trinajstić information content (AvgIpc) is 3.14. The number of hydrogen-bond acceptors (Lipinski definition) is 11. The Kier molecular flexibility index (Phi) is 14.7. The second-order valence-corrected chi connectivity index (χ2v) is 15.6. The summed E-state index contributed by atoms with van der Waals surface area (Å²) >= 11 is 0. The molecule has 0 aliphatic rings. The molecule has 0 saturated carbocycles. The molecule has 4 aromatic rings. The Balaban J connectivity index is 1.63. The van der Waals surface area contributed by atoms with Gasteiger partial charge in [0.15, 0.2) is 9.84 Å². The van der Waals surface area contributed by atoms with E-state index in [9.17, 15) is 31.5 Å². The van der Waals surface area contributed by atoms with Crippen molar-refractivity contribution in [3.63, 3.8) is 0 Å². The molecule has 0 saturated heterocycles. The predicted molar refractivity (Wildman–Crippen MR) is 201 cm³/mol. The number of ether oxygens (including phenoxy) is 4. The molecule has 1 amide bonds. The molecule has 0 radical (unpaired) electrons. The van der Waals surface area contributed by atoms with Crippen molar-refractivity contribution >= 4 is 37.8 Å². The summed E-state index contributed by atoms with van der Waals surface area (Å²) in [6.45, 7) is 3.55. The van der Waals surface area contributed by atoms with Crippen LogP contribution in [0.15, 0.2) is 101 Å². The third-order valence-electron chi connectivity index (χ3n) is 7.82. The number of sulfone groups is 1. The van der Waals surface area contributed by atoms with E-state index < -0.39 is 38.2 Å². The Morgan fingerprint density at radius 3 is 2.28 bits per heavy atom. The van der Waals surface area contributed by atoms with E-state index in [1.165, 1.54) is 30.3 Å². The van der Waals surface area contributed by atoms with Crippen LogP contribution in [0.3, 0.4) is 0 Å². The van der Waals surface area contributed by atoms with Gasteiger partial charge in [0.1, 0.15) is 28.8 Å². The summed E-state index contributed by atoms with van der Waals surface area (Å²) in [5.41, 5.74) is 2.03. The lowest BCUT2D eigenvalue weighted by molar-refractivity contribution is -0.170. The van der Waals surface area contributed by atoms with Gasteiger partial charge in [-0.25, -0.2) is 31.1 Å². The monoisotopic (exact) mass is 781 g/mol. The molecule has 0 fully saturated rings. The molecule has 0 aliphatic heterocycles. The van der Waals surface area contributed by atoms with Crippen molar-refractivity contribution in [2.24, 2.45) is 0 Å². The minimum Gasteiger partial charge on any atom is -0.487 e. The largest absolute Gasteiger partial charge is 0.487 e. The fourth-order valence-electron chi connectivity index (χ4n) is 5.13. The fourth-order valence-corrected chi connectivity index (χ4v) is 7.25. The molecular formula is C38H43N3O11S2. The average molecular weight is 782 g/mol. The number of carboxylic acid groups (broad SMARTS) is 1. The maximum atomic E-state index is 13.9. The number of amidine groups is 1. The van der Waals surface area contributed by atoms with E-state index >= 15 is 0 Å². The van der Waals surface area contributed by atoms with Crippen LogP contribution in [-0.2, 0) is 47.2 Å². The second kappa shape index (κ2) is 19.2. The van der Waals surface area contributed by atoms with Crippen LogP contribution in [-0.4, -0.2) is 72.1 Å². The number of unbranched alkanes of at least 4 members (excludes halogenated alkanes) is 1. The van der Waals surface area contributed by atoms with E-state index in [0.717, 1.165) is 18.2 Å². The number of sulfonamides is 1. The quantitative estimate of drug-likeness (QED) is 0.0402. The lowest BCUT2D eigenvalue weighted by Crippen LogP contribution is -2.32. The highest BCUT2D eigenvalue weighted by Crippen LogP contribution is 2.33. The molecule has 0 bridgehead atoms. The molecule has 1 atom stereocenters. The molecule has 4 aromatic carbocycles. The smallest absolute Gasteiger partial charge is 0.412 e. The molecule has 4 rings (SSSR count). The second-order valence-electron chi connectivity index (χ2n) is 11.9. The third-order valence-corrected chi connectivity index (χ3v) is 10.5. The van der Waals surface area contributed by atoms with Crippen molar-refractivity contribution in [1.82, 2.24) is 10.0 Å². The van der Waals surface area contributed by atoms with Gasteiger partial charge in [0, 0.05) is 30.5 Å². The van der Waals surface area contributed by atoms with Crippen LogP contribution in [0.4, 0.5) is 4.79 Å². The van der Waals surface area contributed by atoms with Crippen molar-refractivity contribution < 1.29 is 50.5 Å². The van der Waals surface area contributed by atoms with Gasteiger partial charge in [0.2, 0.25) is 10.0 Å². The van der Waals surface area contributed by atoms with E-state index in [-0.39, 0.29) is 65.5 Å². The number of carbonyl (C=O) groups is 2. The number of benzene rings is 4. The van der Waals surface area contributed by atoms with E-state index in [2.05, 4.69) is 10.0 Å². The Morgan fingerprint density at radius 1 is 0.870 bits per heavy atom. The van der Waals surface area contributed by atoms with Crippen molar-refractivity contribution in [3.8, 4) is 22.6 Å². The molecule has 0 spiro atoms. The van der Waals surface area contributed by atoms with Gasteiger partial charge in [0.25, 0.3) is 6.29 Å². The van der Waals surface area contributed by atoms with Crippen LogP contribution in [0.5, 0.6) is 11.5 Å². The van der Waals surface area contributed by atoms with E-state index in [0.29, 0.717) is 23.1 Å². The number of aliphatic carboxylic acids is 1. The first-order valence-corrected chi connectivity index (χ1v) is 20.4. The summed E-state index contributed by atoms with van der Waals surface area (Å²) in [7, 11) is -7.98. The molecule has 0 heterocycles. The van der Waals surface area contributed by atoms with Crippen LogP contribution in [0.1, 0.15) is 43.4 Å². The highest BCUT2D eigenvalue weighted by molar-refractivity contribution is 7.91. The summed E-state index contributed by atoms with van der Waals surface area (Å²) in [6, 6.07) is 24.1. The SMILES string of the molecule is CCCCOC(=O)NC(=N)c1ccc(OCc2ccccc2)c(S(=O)(=O)NCCc2ccc(-c3ccccc3S(C)(=O)=O)cc2OC(OCC)C(=O)O)c1. The van der Waals surface area contributed by atoms with Crippen LogP contribution >= 0.6 is 0 Å². The van der Waals surface area contributed by atoms with Gasteiger partial charge in [-0.1, -0.05) is 74.0 Å². The van der Waals surface area contributed by atoms with Gasteiger partial charge in [-0.2, -0.15) is 0 Å². The first-order valence-electron chi connectivity index (χ1n) is 17.0. The number of hydrogen-bond donors (Lipinski definition) is 4. The first kappa shape index (κ1) is 41.5. The summed E-state index contributed by atoms with van der Waals surface area (Å²) < 4.78 is 77.4. The minimum absolute atomic E-state index is 0.00189. The summed E-state index contributed by atoms with van der Waals surface area (Å²) in [5.74, 6) is -1.76. The summed E-state index contributed by atoms with van der Waals surface area (Å²) in [4.78, 5) is 23.9. The molecule has 288 valence electrons. The Labute approximate surface area is 314 Å². The van der Waals surface area contributed by atoms with Gasteiger partial charge >= 0.3 is 12.1 Å². The normalized spacial score (nSPS) is 12.1. The van der Waals surface area contributed by atoms with Gasteiger partial charge in [0.05, 0.1) is 11.5 Å². The maximum Gasteiger partial charge on any atom is 0.412 e. The summed E-state index contributed by atoms with van der Waals surface area (Å²) in [6.07, 6.45) is -0.0238. The molecule has 16 heteroatoms. The molecule has 0 aliphatic carbocycles. The van der Waals surface area contributed by atoms with Crippen molar-refractivity contribution in [2.45, 2.75) is 55.8 Å². The van der Waals surface area contributed by atoms with Crippen LogP contribution in [0, 0.1) is 5.41 Å². The number of carbonyl (C=O) groups excluding carboxylic acids is 1. The van der Waals surface area contributed by atoms with Crippen LogP contribution in [0.25, 0.3) is 11.1 Å². The Bertz CT molecular complexity index is 2160. The molecule has 4 N–H and O–H groups in total. The van der Waals surface area contributed by atoms with Crippen molar-refractivity contribution in [3.05, 3.63) is 108 Å². The van der Waals surface area contributed by atoms with Gasteiger partial charge in [-0.05, 0) is 66.8 Å².